The molecule has 1 aromatic rings. The highest BCUT2D eigenvalue weighted by Crippen LogP contribution is 2.17. The van der Waals surface area contributed by atoms with Crippen LogP contribution in [-0.4, -0.2) is 37.0 Å². The first-order valence-corrected chi connectivity index (χ1v) is 7.94. The smallest absolute Gasteiger partial charge is 0.238 e. The van der Waals surface area contributed by atoms with Crippen molar-refractivity contribution in [2.45, 2.75) is 40.0 Å². The van der Waals surface area contributed by atoms with Gasteiger partial charge < -0.3 is 10.1 Å². The van der Waals surface area contributed by atoms with Gasteiger partial charge in [0.2, 0.25) is 5.91 Å². The van der Waals surface area contributed by atoms with Crippen molar-refractivity contribution in [2.24, 2.45) is 0 Å². The summed E-state index contributed by atoms with van der Waals surface area (Å²) in [5, 5.41) is 2.95. The summed E-state index contributed by atoms with van der Waals surface area (Å²) in [6, 6.07) is 7.57. The van der Waals surface area contributed by atoms with Gasteiger partial charge in [-0.25, -0.2) is 0 Å². The molecule has 0 radical (unpaired) electrons. The molecule has 0 spiro atoms. The minimum absolute atomic E-state index is 0.0320. The lowest BCUT2D eigenvalue weighted by Gasteiger charge is -2.20. The van der Waals surface area contributed by atoms with Crippen LogP contribution < -0.4 is 10.1 Å². The summed E-state index contributed by atoms with van der Waals surface area (Å²) < 4.78 is 5.57. The van der Waals surface area contributed by atoms with E-state index in [9.17, 15) is 4.79 Å². The van der Waals surface area contributed by atoms with E-state index in [2.05, 4.69) is 31.0 Å². The monoisotopic (exact) mass is 292 g/mol. The number of benzene rings is 1. The fraction of sp³-hybridized carbons (Fsp3) is 0.588. The van der Waals surface area contributed by atoms with E-state index in [1.165, 1.54) is 0 Å². The number of carbonyl (C=O) groups is 1. The maximum atomic E-state index is 12.1. The third-order valence-corrected chi connectivity index (χ3v) is 3.04. The first-order valence-electron chi connectivity index (χ1n) is 7.94. The van der Waals surface area contributed by atoms with Gasteiger partial charge in [-0.05, 0) is 44.5 Å². The summed E-state index contributed by atoms with van der Waals surface area (Å²) in [5.41, 5.74) is 0.793. The zero-order valence-electron chi connectivity index (χ0n) is 13.5. The van der Waals surface area contributed by atoms with E-state index in [-0.39, 0.29) is 5.91 Å². The SMILES string of the molecule is CCCOc1cccc(NC(=O)CN(CCC)CCC)c1. The lowest BCUT2D eigenvalue weighted by molar-refractivity contribution is -0.117. The summed E-state index contributed by atoms with van der Waals surface area (Å²) in [6.45, 7) is 9.40. The van der Waals surface area contributed by atoms with Crippen LogP contribution in [0.1, 0.15) is 40.0 Å². The molecule has 1 amide bonds. The lowest BCUT2D eigenvalue weighted by atomic mass is 10.3. The average Bonchev–Trinajstić information content (AvgIpc) is 2.46. The third-order valence-electron chi connectivity index (χ3n) is 3.04. The van der Waals surface area contributed by atoms with Crippen LogP contribution in [0.3, 0.4) is 0 Å². The molecule has 0 bridgehead atoms. The normalized spacial score (nSPS) is 10.7. The molecule has 1 rings (SSSR count). The molecule has 4 nitrogen and oxygen atoms in total. The summed E-state index contributed by atoms with van der Waals surface area (Å²) >= 11 is 0. The molecule has 0 unspecified atom stereocenters. The van der Waals surface area contributed by atoms with Crippen LogP contribution in [0.4, 0.5) is 5.69 Å². The number of amides is 1. The Kier molecular flexibility index (Phi) is 8.51. The van der Waals surface area contributed by atoms with Crippen LogP contribution in [0.5, 0.6) is 5.75 Å². The molecular formula is C17H28N2O2. The molecule has 0 heterocycles. The highest BCUT2D eigenvalue weighted by Gasteiger charge is 2.09. The number of hydrogen-bond acceptors (Lipinski definition) is 3. The highest BCUT2D eigenvalue weighted by molar-refractivity contribution is 5.92. The molecule has 0 saturated heterocycles. The van der Waals surface area contributed by atoms with Crippen molar-refractivity contribution in [1.82, 2.24) is 4.90 Å². The second-order valence-electron chi connectivity index (χ2n) is 5.20. The van der Waals surface area contributed by atoms with Crippen LogP contribution in [-0.2, 0) is 4.79 Å². The maximum absolute atomic E-state index is 12.1. The molecule has 0 aromatic heterocycles. The van der Waals surface area contributed by atoms with Crippen LogP contribution in [0.25, 0.3) is 0 Å². The topological polar surface area (TPSA) is 41.6 Å². The van der Waals surface area contributed by atoms with Gasteiger partial charge >= 0.3 is 0 Å². The summed E-state index contributed by atoms with van der Waals surface area (Å²) in [5.74, 6) is 0.832. The lowest BCUT2D eigenvalue weighted by Crippen LogP contribution is -2.34. The molecule has 21 heavy (non-hydrogen) atoms. The molecule has 1 aromatic carbocycles. The molecule has 4 heteroatoms. The number of hydrogen-bond donors (Lipinski definition) is 1. The molecule has 118 valence electrons. The maximum Gasteiger partial charge on any atom is 0.238 e. The Morgan fingerprint density at radius 1 is 1.14 bits per heavy atom. The highest BCUT2D eigenvalue weighted by atomic mass is 16.5. The van der Waals surface area contributed by atoms with E-state index in [4.69, 9.17) is 4.74 Å². The van der Waals surface area contributed by atoms with Gasteiger partial charge in [-0.2, -0.15) is 0 Å². The predicted molar refractivity (Wildman–Crippen MR) is 87.9 cm³/mol. The first-order chi connectivity index (χ1) is 10.2. The van der Waals surface area contributed by atoms with E-state index in [1.807, 2.05) is 24.3 Å². The molecule has 0 aliphatic heterocycles. The predicted octanol–water partition coefficient (Wildman–Crippen LogP) is 3.54. The number of ether oxygens (including phenoxy) is 1. The zero-order chi connectivity index (χ0) is 15.5. The van der Waals surface area contributed by atoms with Crippen molar-refractivity contribution in [2.75, 3.05) is 31.6 Å². The molecule has 0 fully saturated rings. The van der Waals surface area contributed by atoms with E-state index in [0.717, 1.165) is 43.8 Å². The van der Waals surface area contributed by atoms with E-state index in [0.29, 0.717) is 13.2 Å². The van der Waals surface area contributed by atoms with Gasteiger partial charge in [0.1, 0.15) is 5.75 Å². The minimum Gasteiger partial charge on any atom is -0.494 e. The van der Waals surface area contributed by atoms with Crippen LogP contribution in [0.2, 0.25) is 0 Å². The second kappa shape index (κ2) is 10.2. The summed E-state index contributed by atoms with van der Waals surface area (Å²) in [6.07, 6.45) is 3.10. The van der Waals surface area contributed by atoms with Gasteiger partial charge in [0.05, 0.1) is 13.2 Å². The minimum atomic E-state index is 0.0320. The second-order valence-corrected chi connectivity index (χ2v) is 5.20. The zero-order valence-corrected chi connectivity index (χ0v) is 13.5. The van der Waals surface area contributed by atoms with Crippen molar-refractivity contribution < 1.29 is 9.53 Å². The van der Waals surface area contributed by atoms with Crippen molar-refractivity contribution >= 4 is 11.6 Å². The number of nitrogens with zero attached hydrogens (tertiary/aromatic N) is 1. The Bertz CT molecular complexity index is 415. The van der Waals surface area contributed by atoms with Gasteiger partial charge in [-0.1, -0.05) is 26.8 Å². The van der Waals surface area contributed by atoms with E-state index >= 15 is 0 Å². The van der Waals surface area contributed by atoms with Gasteiger partial charge in [0.15, 0.2) is 0 Å². The molecule has 0 aliphatic carbocycles. The Balaban J connectivity index is 2.53. The summed E-state index contributed by atoms with van der Waals surface area (Å²) in [4.78, 5) is 14.3. The van der Waals surface area contributed by atoms with Crippen LogP contribution in [0, 0.1) is 0 Å². The van der Waals surface area contributed by atoms with Crippen LogP contribution >= 0.6 is 0 Å². The van der Waals surface area contributed by atoms with Crippen LogP contribution in [0.15, 0.2) is 24.3 Å². The van der Waals surface area contributed by atoms with Crippen molar-refractivity contribution in [3.63, 3.8) is 0 Å². The Labute approximate surface area is 128 Å². The molecule has 1 N–H and O–H groups in total. The first kappa shape index (κ1) is 17.5. The summed E-state index contributed by atoms with van der Waals surface area (Å²) in [7, 11) is 0. The number of nitrogens with one attached hydrogen (secondary N) is 1. The average molecular weight is 292 g/mol. The Hall–Kier alpha value is -1.55. The van der Waals surface area contributed by atoms with Crippen molar-refractivity contribution in [1.29, 1.82) is 0 Å². The van der Waals surface area contributed by atoms with Gasteiger partial charge in [-0.15, -0.1) is 0 Å². The fourth-order valence-electron chi connectivity index (χ4n) is 2.19. The largest absolute Gasteiger partial charge is 0.494 e. The van der Waals surface area contributed by atoms with Gasteiger partial charge in [-0.3, -0.25) is 9.69 Å². The van der Waals surface area contributed by atoms with Gasteiger partial charge in [0.25, 0.3) is 0 Å². The third kappa shape index (κ3) is 7.14. The van der Waals surface area contributed by atoms with E-state index < -0.39 is 0 Å². The molecular weight excluding hydrogens is 264 g/mol. The number of rotatable bonds is 10. The number of carbonyl (C=O) groups excluding carboxylic acids is 1. The molecule has 0 aliphatic rings. The molecule has 0 saturated carbocycles. The van der Waals surface area contributed by atoms with Crippen molar-refractivity contribution in [3.8, 4) is 5.75 Å². The standard InChI is InChI=1S/C17H28N2O2/c1-4-10-19(11-5-2)14-17(20)18-15-8-7-9-16(13-15)21-12-6-3/h7-9,13H,4-6,10-12,14H2,1-3H3,(H,18,20). The van der Waals surface area contributed by atoms with E-state index in [1.54, 1.807) is 0 Å². The Morgan fingerprint density at radius 3 is 2.48 bits per heavy atom. The van der Waals surface area contributed by atoms with Gasteiger partial charge in [0, 0.05) is 11.8 Å². The Morgan fingerprint density at radius 2 is 1.86 bits per heavy atom. The molecule has 0 atom stereocenters. The fourth-order valence-corrected chi connectivity index (χ4v) is 2.19. The number of anilines is 1. The quantitative estimate of drug-likeness (QED) is 0.717. The van der Waals surface area contributed by atoms with Crippen molar-refractivity contribution in [3.05, 3.63) is 24.3 Å².